The second-order valence-corrected chi connectivity index (χ2v) is 5.68. The average Bonchev–Trinajstić information content (AvgIpc) is 2.34. The molecular formula is C15H19NO2. The molecule has 3 nitrogen and oxygen atoms in total. The molecule has 0 unspecified atom stereocenters. The van der Waals surface area contributed by atoms with Crippen LogP contribution in [0.2, 0.25) is 0 Å². The largest absolute Gasteiger partial charge is 0.340 e. The zero-order valence-corrected chi connectivity index (χ0v) is 11.2. The molecule has 2 rings (SSSR count). The lowest BCUT2D eigenvalue weighted by Gasteiger charge is -2.18. The minimum absolute atomic E-state index is 0.293. The summed E-state index contributed by atoms with van der Waals surface area (Å²) in [5, 5.41) is 4.06. The summed E-state index contributed by atoms with van der Waals surface area (Å²) in [4.78, 5) is 16.7. The van der Waals surface area contributed by atoms with Crippen molar-refractivity contribution in [2.45, 2.75) is 40.0 Å². The van der Waals surface area contributed by atoms with E-state index in [9.17, 15) is 4.79 Å². The third-order valence-corrected chi connectivity index (χ3v) is 3.04. The molecule has 0 saturated heterocycles. The van der Waals surface area contributed by atoms with Gasteiger partial charge in [-0.2, -0.15) is 0 Å². The summed E-state index contributed by atoms with van der Waals surface area (Å²) >= 11 is 0. The van der Waals surface area contributed by atoms with E-state index in [1.807, 2.05) is 39.0 Å². The lowest BCUT2D eigenvalue weighted by molar-refractivity contribution is -0.152. The molecule has 0 atom stereocenters. The van der Waals surface area contributed by atoms with Gasteiger partial charge in [0.15, 0.2) is 0 Å². The van der Waals surface area contributed by atoms with E-state index >= 15 is 0 Å². The van der Waals surface area contributed by atoms with Gasteiger partial charge >= 0.3 is 5.97 Å². The summed E-state index contributed by atoms with van der Waals surface area (Å²) in [5.41, 5.74) is 2.77. The topological polar surface area (TPSA) is 38.7 Å². The number of hydrogen-bond acceptors (Lipinski definition) is 3. The molecule has 96 valence electrons. The fraction of sp³-hybridized carbons (Fsp3) is 0.467. The monoisotopic (exact) mass is 245 g/mol. The van der Waals surface area contributed by atoms with Crippen LogP contribution in [-0.2, 0) is 16.1 Å². The Morgan fingerprint density at radius 3 is 2.67 bits per heavy atom. The number of hydrogen-bond donors (Lipinski definition) is 0. The Morgan fingerprint density at radius 1 is 1.22 bits per heavy atom. The number of carbonyl (C=O) groups is 1. The van der Waals surface area contributed by atoms with Crippen molar-refractivity contribution in [1.29, 1.82) is 0 Å². The van der Waals surface area contributed by atoms with E-state index in [1.54, 1.807) is 0 Å². The highest BCUT2D eigenvalue weighted by molar-refractivity contribution is 6.02. The second kappa shape index (κ2) is 4.92. The number of rotatable bonds is 1. The molecular weight excluding hydrogens is 226 g/mol. The summed E-state index contributed by atoms with van der Waals surface area (Å²) in [7, 11) is 0. The minimum atomic E-state index is -0.516. The molecule has 0 fully saturated rings. The molecule has 0 amide bonds. The summed E-state index contributed by atoms with van der Waals surface area (Å²) in [5.74, 6) is -0.293. The van der Waals surface area contributed by atoms with E-state index in [4.69, 9.17) is 4.84 Å². The third kappa shape index (κ3) is 2.78. The Morgan fingerprint density at radius 2 is 1.94 bits per heavy atom. The normalized spacial score (nSPS) is 17.4. The smallest absolute Gasteiger partial charge is 0.317 e. The Bertz CT molecular complexity index is 484. The molecule has 1 aromatic rings. The van der Waals surface area contributed by atoms with Crippen LogP contribution in [0.3, 0.4) is 0 Å². The number of aryl methyl sites for hydroxylation is 1. The van der Waals surface area contributed by atoms with E-state index in [2.05, 4.69) is 11.2 Å². The minimum Gasteiger partial charge on any atom is -0.317 e. The van der Waals surface area contributed by atoms with Crippen LogP contribution in [-0.4, -0.2) is 11.7 Å². The van der Waals surface area contributed by atoms with Gasteiger partial charge in [-0.15, -0.1) is 0 Å². The standard InChI is InChI=1S/C15H19NO2/c1-15(2,3)14(17)18-16-13-10-6-8-11-7-4-5-9-12(11)13/h4-5,7,9H,6,8,10H2,1-3H3/b16-13-. The Labute approximate surface area is 108 Å². The van der Waals surface area contributed by atoms with Crippen molar-refractivity contribution in [3.63, 3.8) is 0 Å². The van der Waals surface area contributed by atoms with Gasteiger partial charge in [0.2, 0.25) is 0 Å². The first kappa shape index (κ1) is 12.8. The second-order valence-electron chi connectivity index (χ2n) is 5.68. The first-order valence-electron chi connectivity index (χ1n) is 6.35. The molecule has 0 radical (unpaired) electrons. The molecule has 1 aliphatic carbocycles. The highest BCUT2D eigenvalue weighted by Crippen LogP contribution is 2.22. The van der Waals surface area contributed by atoms with Gasteiger partial charge in [-0.3, -0.25) is 0 Å². The van der Waals surface area contributed by atoms with Gasteiger partial charge in [0.1, 0.15) is 0 Å². The van der Waals surface area contributed by atoms with Crippen LogP contribution in [0.4, 0.5) is 0 Å². The van der Waals surface area contributed by atoms with Gasteiger partial charge < -0.3 is 4.84 Å². The van der Waals surface area contributed by atoms with Gasteiger partial charge in [-0.1, -0.05) is 29.4 Å². The summed E-state index contributed by atoms with van der Waals surface area (Å²) < 4.78 is 0. The number of oxime groups is 1. The van der Waals surface area contributed by atoms with Crippen LogP contribution in [0.1, 0.15) is 44.7 Å². The van der Waals surface area contributed by atoms with E-state index in [0.717, 1.165) is 30.5 Å². The van der Waals surface area contributed by atoms with Gasteiger partial charge in [0.05, 0.1) is 11.1 Å². The molecule has 3 heteroatoms. The van der Waals surface area contributed by atoms with Gasteiger partial charge in [-0.25, -0.2) is 4.79 Å². The Balaban J connectivity index is 2.18. The summed E-state index contributed by atoms with van der Waals surface area (Å²) in [6.07, 6.45) is 3.00. The fourth-order valence-electron chi connectivity index (χ4n) is 1.93. The van der Waals surface area contributed by atoms with Crippen molar-refractivity contribution in [2.24, 2.45) is 10.6 Å². The van der Waals surface area contributed by atoms with Crippen molar-refractivity contribution in [2.75, 3.05) is 0 Å². The first-order chi connectivity index (χ1) is 8.48. The lowest BCUT2D eigenvalue weighted by Crippen LogP contribution is -2.22. The lowest BCUT2D eigenvalue weighted by atomic mass is 9.90. The van der Waals surface area contributed by atoms with E-state index in [0.29, 0.717) is 0 Å². The van der Waals surface area contributed by atoms with Crippen LogP contribution in [0.25, 0.3) is 0 Å². The molecule has 0 heterocycles. The maximum absolute atomic E-state index is 11.7. The van der Waals surface area contributed by atoms with E-state index in [-0.39, 0.29) is 5.97 Å². The Hall–Kier alpha value is -1.64. The third-order valence-electron chi connectivity index (χ3n) is 3.04. The van der Waals surface area contributed by atoms with E-state index in [1.165, 1.54) is 5.56 Å². The number of benzene rings is 1. The van der Waals surface area contributed by atoms with Crippen molar-refractivity contribution in [3.8, 4) is 0 Å². The van der Waals surface area contributed by atoms with Crippen molar-refractivity contribution < 1.29 is 9.63 Å². The van der Waals surface area contributed by atoms with Crippen LogP contribution in [0.15, 0.2) is 29.4 Å². The summed E-state index contributed by atoms with van der Waals surface area (Å²) in [6.45, 7) is 5.47. The molecule has 0 aromatic heterocycles. The van der Waals surface area contributed by atoms with Crippen molar-refractivity contribution in [3.05, 3.63) is 35.4 Å². The maximum atomic E-state index is 11.7. The first-order valence-corrected chi connectivity index (χ1v) is 6.35. The van der Waals surface area contributed by atoms with Crippen LogP contribution in [0, 0.1) is 5.41 Å². The number of fused-ring (bicyclic) bond motifs is 1. The highest BCUT2D eigenvalue weighted by Gasteiger charge is 2.24. The van der Waals surface area contributed by atoms with Gasteiger partial charge in [0, 0.05) is 5.56 Å². The Kier molecular flexibility index (Phi) is 3.50. The van der Waals surface area contributed by atoms with Crippen LogP contribution in [0.5, 0.6) is 0 Å². The predicted molar refractivity (Wildman–Crippen MR) is 71.5 cm³/mol. The SMILES string of the molecule is CC(C)(C)C(=O)O/N=C1/CCCc2ccccc21. The summed E-state index contributed by atoms with van der Waals surface area (Å²) in [6, 6.07) is 8.17. The molecule has 18 heavy (non-hydrogen) atoms. The number of carbonyl (C=O) groups excluding carboxylic acids is 1. The molecule has 1 aliphatic rings. The number of nitrogens with zero attached hydrogens (tertiary/aromatic N) is 1. The van der Waals surface area contributed by atoms with Crippen molar-refractivity contribution >= 4 is 11.7 Å². The van der Waals surface area contributed by atoms with Crippen LogP contribution < -0.4 is 0 Å². The van der Waals surface area contributed by atoms with Crippen LogP contribution >= 0.6 is 0 Å². The van der Waals surface area contributed by atoms with Gasteiger partial charge in [0.25, 0.3) is 0 Å². The van der Waals surface area contributed by atoms with Gasteiger partial charge in [-0.05, 0) is 45.6 Å². The zero-order chi connectivity index (χ0) is 13.2. The average molecular weight is 245 g/mol. The molecule has 0 bridgehead atoms. The van der Waals surface area contributed by atoms with Crippen molar-refractivity contribution in [1.82, 2.24) is 0 Å². The quantitative estimate of drug-likeness (QED) is 0.562. The fourth-order valence-corrected chi connectivity index (χ4v) is 1.93. The van der Waals surface area contributed by atoms with E-state index < -0.39 is 5.41 Å². The maximum Gasteiger partial charge on any atom is 0.340 e. The molecule has 0 N–H and O–H groups in total. The molecule has 0 aliphatic heterocycles. The predicted octanol–water partition coefficient (Wildman–Crippen LogP) is 3.32. The molecule has 0 spiro atoms. The zero-order valence-electron chi connectivity index (χ0n) is 11.2. The molecule has 0 saturated carbocycles. The molecule has 1 aromatic carbocycles. The highest BCUT2D eigenvalue weighted by atomic mass is 16.7.